The zero-order valence-corrected chi connectivity index (χ0v) is 66.2. The van der Waals surface area contributed by atoms with Gasteiger partial charge in [0.25, 0.3) is 0 Å². The van der Waals surface area contributed by atoms with E-state index in [4.69, 9.17) is 18.4 Å². The Kier molecular flexibility index (Phi) is 17.5. The van der Waals surface area contributed by atoms with Crippen molar-refractivity contribution in [2.75, 3.05) is 0 Å². The zero-order chi connectivity index (χ0) is 82.3. The molecule has 0 fully saturated rings. The Hall–Kier alpha value is -17.2. The zero-order valence-electron chi connectivity index (χ0n) is 66.2. The fourth-order valence-corrected chi connectivity index (χ4v) is 18.8. The Morgan fingerprint density at radius 2 is 0.472 bits per heavy atom. The van der Waals surface area contributed by atoms with E-state index in [1.165, 1.54) is 138 Å². The van der Waals surface area contributed by atoms with E-state index in [-0.39, 0.29) is 11.3 Å². The molecule has 0 N–H and O–H groups in total. The summed E-state index contributed by atoms with van der Waals surface area (Å²) in [6.07, 6.45) is 0.971. The molecule has 0 amide bonds. The Bertz CT molecular complexity index is 7980. The number of nitrogens with zero attached hydrogens (tertiary/aromatic N) is 9. The normalized spacial score (nSPS) is 11.6. The highest BCUT2D eigenvalue weighted by Gasteiger charge is 2.25. The second-order valence-electron chi connectivity index (χ2n) is 31.3. The summed E-state index contributed by atoms with van der Waals surface area (Å²) < 4.78 is 24.2. The molecule has 18 aromatic carbocycles. The molecule has 1 aliphatic carbocycles. The number of para-hydroxylation sites is 8. The lowest BCUT2D eigenvalue weighted by atomic mass is 9.95. The lowest BCUT2D eigenvalue weighted by molar-refractivity contribution is 0.628. The second kappa shape index (κ2) is 29.8. The molecule has 0 radical (unpaired) electrons. The number of rotatable bonds is 9. The van der Waals surface area contributed by atoms with E-state index in [0.29, 0.717) is 11.3 Å². The molecule has 123 heavy (non-hydrogen) atoms. The van der Waals surface area contributed by atoms with Crippen molar-refractivity contribution in [2.45, 2.75) is 6.42 Å². The van der Waals surface area contributed by atoms with Crippen molar-refractivity contribution in [3.63, 3.8) is 0 Å². The molecule has 24 rings (SSSR count). The summed E-state index contributed by atoms with van der Waals surface area (Å²) in [5, 5.41) is 30.5. The maximum Gasteiger partial charge on any atom is 0.191 e. The maximum absolute atomic E-state index is 12.5. The molecule has 23 aromatic rings. The van der Waals surface area contributed by atoms with Crippen molar-refractivity contribution < 1.29 is 4.39 Å². The van der Waals surface area contributed by atoms with Gasteiger partial charge in [-0.1, -0.05) is 206 Å². The summed E-state index contributed by atoms with van der Waals surface area (Å²) in [5.41, 5.74) is 33.2. The average molecular weight is 1570 g/mol. The smallest absolute Gasteiger partial charge is 0.191 e. The SMILES string of the molecule is [C-]#[N+]c1cc(C#N)cc(-n2c3ccc(-c4ccc5c(c4)c4ccccc4n5-c4ccccc4)cc3c3cc(-c4ccc5c(c4)c4ccccc4n5-c4ccccc4)ccc32)c1.[C-]#[N+]c1cc(F)cc(C#N)c1.c1ccc(-n2c3ccccc3c3cc(-c4ccc5c(c4)-c4cc(-c6ccc7c(c6)c6ccccc6n7-c6ccccc6)ccc4C5)ccc32)cc1. The number of fused-ring (bicyclic) bond motifs is 18. The third kappa shape index (κ3) is 12.4. The van der Waals surface area contributed by atoms with Gasteiger partial charge in [0, 0.05) is 93.4 Å². The lowest BCUT2D eigenvalue weighted by Crippen LogP contribution is -1.95. The Morgan fingerprint density at radius 1 is 0.228 bits per heavy atom. The van der Waals surface area contributed by atoms with Gasteiger partial charge in [-0.25, -0.2) is 14.1 Å². The highest BCUT2D eigenvalue weighted by atomic mass is 19.1. The van der Waals surface area contributed by atoms with Crippen molar-refractivity contribution in [3.05, 3.63) is 451 Å². The van der Waals surface area contributed by atoms with Crippen LogP contribution in [0.1, 0.15) is 22.3 Å². The van der Waals surface area contributed by atoms with E-state index in [1.807, 2.05) is 12.1 Å². The number of halogens is 1. The van der Waals surface area contributed by atoms with Gasteiger partial charge in [-0.2, -0.15) is 10.5 Å². The largest absolute Gasteiger partial charge is 0.310 e. The first kappa shape index (κ1) is 72.3. The van der Waals surface area contributed by atoms with Crippen molar-refractivity contribution >= 4 is 120 Å². The molecular weight excluding hydrogens is 1500 g/mol. The summed E-state index contributed by atoms with van der Waals surface area (Å²) in [6.45, 7) is 14.4. The topological polar surface area (TPSA) is 81.0 Å². The molecule has 572 valence electrons. The molecule has 0 bridgehead atoms. The van der Waals surface area contributed by atoms with Gasteiger partial charge in [-0.3, -0.25) is 0 Å². The van der Waals surface area contributed by atoms with Gasteiger partial charge >= 0.3 is 0 Å². The van der Waals surface area contributed by atoms with Gasteiger partial charge in [-0.05, 0) is 267 Å². The number of nitriles is 2. The van der Waals surface area contributed by atoms with Crippen molar-refractivity contribution in [1.82, 2.24) is 22.8 Å². The molecule has 0 saturated carbocycles. The van der Waals surface area contributed by atoms with Crippen molar-refractivity contribution in [3.8, 4) is 96.2 Å². The molecule has 1 aliphatic rings. The van der Waals surface area contributed by atoms with E-state index < -0.39 is 5.82 Å². The number of benzene rings is 18. The summed E-state index contributed by atoms with van der Waals surface area (Å²) in [7, 11) is 0. The molecule has 5 heterocycles. The fourth-order valence-electron chi connectivity index (χ4n) is 18.8. The van der Waals surface area contributed by atoms with Crippen LogP contribution < -0.4 is 0 Å². The van der Waals surface area contributed by atoms with E-state index in [1.54, 1.807) is 12.1 Å². The van der Waals surface area contributed by atoms with Crippen molar-refractivity contribution in [1.29, 1.82) is 10.5 Å². The van der Waals surface area contributed by atoms with Gasteiger partial charge < -0.3 is 22.8 Å². The lowest BCUT2D eigenvalue weighted by Gasteiger charge is -2.10. The summed E-state index contributed by atoms with van der Waals surface area (Å²) in [6, 6.07) is 145. The number of hydrogen-bond acceptors (Lipinski definition) is 2. The quantitative estimate of drug-likeness (QED) is 0.135. The predicted octanol–water partition coefficient (Wildman–Crippen LogP) is 29.8. The molecule has 0 spiro atoms. The molecule has 10 heteroatoms. The Labute approximate surface area is 707 Å². The highest BCUT2D eigenvalue weighted by Crippen LogP contribution is 2.47. The molecule has 0 atom stereocenters. The fraction of sp³-hybridized carbons (Fsp3) is 0.00885. The first-order valence-electron chi connectivity index (χ1n) is 40.9. The maximum atomic E-state index is 12.5. The highest BCUT2D eigenvalue weighted by molar-refractivity contribution is 6.16. The molecule has 5 aromatic heterocycles. The number of aromatic nitrogens is 5. The van der Waals surface area contributed by atoms with Crippen LogP contribution in [0.3, 0.4) is 0 Å². The molecule has 0 unspecified atom stereocenters. The van der Waals surface area contributed by atoms with Gasteiger partial charge in [0.15, 0.2) is 11.4 Å². The third-order valence-electron chi connectivity index (χ3n) is 24.3. The molecule has 0 aliphatic heterocycles. The summed E-state index contributed by atoms with van der Waals surface area (Å²) >= 11 is 0. The van der Waals surface area contributed by atoms with Gasteiger partial charge in [0.1, 0.15) is 5.82 Å². The minimum Gasteiger partial charge on any atom is -0.310 e. The van der Waals surface area contributed by atoms with Crippen LogP contribution in [0, 0.1) is 41.6 Å². The molecule has 0 saturated heterocycles. The van der Waals surface area contributed by atoms with Gasteiger partial charge in [0.2, 0.25) is 0 Å². The Morgan fingerprint density at radius 3 is 0.772 bits per heavy atom. The second-order valence-corrected chi connectivity index (χ2v) is 31.3. The average Bonchev–Trinajstić information content (AvgIpc) is 1.58. The van der Waals surface area contributed by atoms with Crippen LogP contribution in [0.2, 0.25) is 0 Å². The minimum absolute atomic E-state index is 0.154. The van der Waals surface area contributed by atoms with Crippen LogP contribution in [-0.2, 0) is 6.42 Å². The van der Waals surface area contributed by atoms with E-state index >= 15 is 0 Å². The first-order valence-corrected chi connectivity index (χ1v) is 40.9. The van der Waals surface area contributed by atoms with Crippen LogP contribution in [-0.4, -0.2) is 22.8 Å². The van der Waals surface area contributed by atoms with Crippen LogP contribution in [0.25, 0.3) is 203 Å². The van der Waals surface area contributed by atoms with Crippen LogP contribution in [0.5, 0.6) is 0 Å². The molecule has 9 nitrogen and oxygen atoms in total. The van der Waals surface area contributed by atoms with E-state index in [9.17, 15) is 9.65 Å². The summed E-state index contributed by atoms with van der Waals surface area (Å²) in [5.74, 6) is -0.546. The van der Waals surface area contributed by atoms with Crippen LogP contribution in [0.4, 0.5) is 15.8 Å². The van der Waals surface area contributed by atoms with Crippen LogP contribution >= 0.6 is 0 Å². The minimum atomic E-state index is -0.546. The standard InChI is InChI=1S/C56H33N5.C49H32N2.C8H3FN2/c1-58-41-28-36(35-57)29-44(34-41)61-55-26-22-39(37-20-24-53-47(30-37)45-16-8-10-18-51(45)59(53)42-12-4-2-5-13-42)32-49(55)50-33-40(23-27-56(50)61)38-21-25-54-48(31-38)46-17-9-11-19-52(46)60(54)43-14-6-3-7-15-43;1-3-11-38(12-4-1)50-46-17-9-7-15-40(46)44-30-34(23-25-48(44)50)32-19-21-36-27-37-22-20-33(29-43(37)42(36)28-32)35-24-26-49-45(31-35)41-16-8-10-18-47(41)51(49)39-13-5-2-6-14-39;1-11-8-3-6(5-10)2-7(9)4-8/h2-34H;1-26,28-31H,27H2;2-4H. The number of hydrogen-bond donors (Lipinski definition) is 0. The van der Waals surface area contributed by atoms with Crippen molar-refractivity contribution in [2.24, 2.45) is 0 Å². The van der Waals surface area contributed by atoms with E-state index in [2.05, 4.69) is 403 Å². The van der Waals surface area contributed by atoms with E-state index in [0.717, 1.165) is 90.7 Å². The third-order valence-corrected chi connectivity index (χ3v) is 24.3. The monoisotopic (exact) mass is 1570 g/mol. The first-order chi connectivity index (χ1) is 60.7. The molecular formula is C113H68FN9. The Balaban J connectivity index is 0.000000132. The van der Waals surface area contributed by atoms with Gasteiger partial charge in [0.05, 0.1) is 80.4 Å². The van der Waals surface area contributed by atoms with Crippen LogP contribution in [0.15, 0.2) is 400 Å². The summed E-state index contributed by atoms with van der Waals surface area (Å²) in [4.78, 5) is 6.73. The predicted molar refractivity (Wildman–Crippen MR) is 503 cm³/mol. The van der Waals surface area contributed by atoms with Gasteiger partial charge in [-0.15, -0.1) is 0 Å².